The summed E-state index contributed by atoms with van der Waals surface area (Å²) in [6.45, 7) is 10.8. The fourth-order valence-corrected chi connectivity index (χ4v) is 3.92. The highest BCUT2D eigenvalue weighted by Gasteiger charge is 2.26. The molecule has 0 radical (unpaired) electrons. The van der Waals surface area contributed by atoms with Crippen molar-refractivity contribution < 1.29 is 9.59 Å². The number of thiazole rings is 1. The van der Waals surface area contributed by atoms with Gasteiger partial charge in [-0.3, -0.25) is 14.9 Å². The monoisotopic (exact) mass is 405 g/mol. The van der Waals surface area contributed by atoms with Crippen molar-refractivity contribution in [3.63, 3.8) is 0 Å². The number of rotatable bonds is 4. The molecule has 0 bridgehead atoms. The average Bonchev–Trinajstić information content (AvgIpc) is 3.15. The van der Waals surface area contributed by atoms with Crippen LogP contribution in [-0.4, -0.2) is 42.3 Å². The van der Waals surface area contributed by atoms with Crippen molar-refractivity contribution in [3.8, 4) is 10.6 Å². The van der Waals surface area contributed by atoms with Crippen LogP contribution in [0.4, 0.5) is 0 Å². The van der Waals surface area contributed by atoms with E-state index in [0.717, 1.165) is 33.1 Å². The molecule has 2 amide bonds. The summed E-state index contributed by atoms with van der Waals surface area (Å²) in [5.74, 6) is -0.735. The maximum atomic E-state index is 12.1. The van der Waals surface area contributed by atoms with Gasteiger partial charge in [0.1, 0.15) is 5.01 Å². The van der Waals surface area contributed by atoms with Crippen LogP contribution in [0.2, 0.25) is 0 Å². The van der Waals surface area contributed by atoms with Crippen LogP contribution in [0.25, 0.3) is 33.5 Å². The van der Waals surface area contributed by atoms with Gasteiger partial charge in [-0.1, -0.05) is 38.3 Å². The Labute approximate surface area is 174 Å². The lowest BCUT2D eigenvalue weighted by atomic mass is 9.92. The number of imide groups is 1. The summed E-state index contributed by atoms with van der Waals surface area (Å²) in [7, 11) is 4.11. The lowest BCUT2D eigenvalue weighted by Crippen LogP contribution is -2.34. The van der Waals surface area contributed by atoms with E-state index in [1.54, 1.807) is 24.3 Å². The molecule has 6 heteroatoms. The normalized spacial score (nSPS) is 12.4. The predicted molar refractivity (Wildman–Crippen MR) is 121 cm³/mol. The Bertz CT molecular complexity index is 1080. The van der Waals surface area contributed by atoms with Gasteiger partial charge in [0.15, 0.2) is 0 Å². The first-order chi connectivity index (χ1) is 13.9. The highest BCUT2D eigenvalue weighted by molar-refractivity contribution is 7.16. The van der Waals surface area contributed by atoms with Gasteiger partial charge in [0.05, 0.1) is 10.6 Å². The van der Waals surface area contributed by atoms with Gasteiger partial charge in [0.2, 0.25) is 0 Å². The van der Waals surface area contributed by atoms with Crippen LogP contribution < -0.4 is 5.32 Å². The number of carbonyl (C=O) groups excluding carboxylic acids is 2. The standard InChI is InChI=1S/C19H12N2O2S.C4H11N/c1-3-14-15(4-2)24-19(20-14)11-8-9-13-16-10(11)6-5-7-12(16)17(22)21-18(13)23;1-4-5(2)3/h3-9H,1-2H2,(H,21,22,23);4H2,1-3H3. The van der Waals surface area contributed by atoms with Crippen LogP contribution in [0.1, 0.15) is 38.2 Å². The third-order valence-corrected chi connectivity index (χ3v) is 5.78. The Morgan fingerprint density at radius 1 is 1.03 bits per heavy atom. The molecule has 29 heavy (non-hydrogen) atoms. The highest BCUT2D eigenvalue weighted by atomic mass is 32.1. The van der Waals surface area contributed by atoms with Crippen molar-refractivity contribution in [2.75, 3.05) is 20.6 Å². The Kier molecular flexibility index (Phi) is 6.06. The number of aromatic nitrogens is 1. The molecule has 0 aliphatic carbocycles. The van der Waals surface area contributed by atoms with Crippen LogP contribution in [0.15, 0.2) is 43.5 Å². The number of hydrogen-bond acceptors (Lipinski definition) is 5. The minimum absolute atomic E-state index is 0.368. The number of carbonyl (C=O) groups is 2. The summed E-state index contributed by atoms with van der Waals surface area (Å²) >= 11 is 1.51. The van der Waals surface area contributed by atoms with E-state index in [9.17, 15) is 9.59 Å². The molecule has 4 rings (SSSR count). The molecule has 0 saturated carbocycles. The van der Waals surface area contributed by atoms with E-state index >= 15 is 0 Å². The molecular formula is C23H23N3O2S. The van der Waals surface area contributed by atoms with Gasteiger partial charge in [0, 0.05) is 22.1 Å². The first-order valence-corrected chi connectivity index (χ1v) is 10.0. The molecule has 1 aliphatic heterocycles. The van der Waals surface area contributed by atoms with Crippen LogP contribution >= 0.6 is 11.3 Å². The second kappa shape index (κ2) is 8.51. The van der Waals surface area contributed by atoms with Gasteiger partial charge in [-0.2, -0.15) is 0 Å². The summed E-state index contributed by atoms with van der Waals surface area (Å²) < 4.78 is 0. The van der Waals surface area contributed by atoms with E-state index in [0.29, 0.717) is 16.5 Å². The van der Waals surface area contributed by atoms with Crippen molar-refractivity contribution in [2.45, 2.75) is 6.92 Å². The Balaban J connectivity index is 0.000000431. The summed E-state index contributed by atoms with van der Waals surface area (Å²) in [6, 6.07) is 9.06. The molecule has 2 heterocycles. The second-order valence-corrected chi connectivity index (χ2v) is 7.78. The van der Waals surface area contributed by atoms with Gasteiger partial charge < -0.3 is 4.90 Å². The van der Waals surface area contributed by atoms with E-state index in [2.05, 4.69) is 49.4 Å². The maximum Gasteiger partial charge on any atom is 0.258 e. The first kappa shape index (κ1) is 20.6. The van der Waals surface area contributed by atoms with Crippen molar-refractivity contribution in [1.82, 2.24) is 15.2 Å². The fraction of sp³-hybridized carbons (Fsp3) is 0.174. The minimum Gasteiger partial charge on any atom is -0.310 e. The van der Waals surface area contributed by atoms with Crippen molar-refractivity contribution in [3.05, 3.63) is 65.2 Å². The molecule has 1 aliphatic rings. The first-order valence-electron chi connectivity index (χ1n) is 9.23. The molecule has 2 aromatic carbocycles. The smallest absolute Gasteiger partial charge is 0.258 e. The van der Waals surface area contributed by atoms with Gasteiger partial charge in [-0.05, 0) is 50.3 Å². The highest BCUT2D eigenvalue weighted by Crippen LogP contribution is 2.37. The molecule has 0 spiro atoms. The van der Waals surface area contributed by atoms with Crippen molar-refractivity contribution >= 4 is 46.1 Å². The quantitative estimate of drug-likeness (QED) is 0.639. The number of benzene rings is 2. The average molecular weight is 406 g/mol. The molecule has 0 atom stereocenters. The predicted octanol–water partition coefficient (Wildman–Crippen LogP) is 4.70. The lowest BCUT2D eigenvalue weighted by Gasteiger charge is -2.17. The number of hydrogen-bond donors (Lipinski definition) is 1. The number of amides is 2. The summed E-state index contributed by atoms with van der Waals surface area (Å²) in [6.07, 6.45) is 3.44. The molecule has 3 aromatic rings. The van der Waals surface area contributed by atoms with E-state index in [1.165, 1.54) is 11.3 Å². The zero-order valence-electron chi connectivity index (χ0n) is 16.8. The molecule has 5 nitrogen and oxygen atoms in total. The largest absolute Gasteiger partial charge is 0.310 e. The van der Waals surface area contributed by atoms with Crippen molar-refractivity contribution in [2.24, 2.45) is 0 Å². The SMILES string of the molecule is C=Cc1nc(-c2ccc3c4c(cccc24)C(=O)NC3=O)sc1C=C.CCN(C)C. The Morgan fingerprint density at radius 3 is 2.21 bits per heavy atom. The zero-order chi connectivity index (χ0) is 21.1. The molecule has 0 fully saturated rings. The molecule has 1 N–H and O–H groups in total. The number of nitrogens with one attached hydrogen (secondary N) is 1. The fourth-order valence-electron chi connectivity index (χ4n) is 2.96. The zero-order valence-corrected chi connectivity index (χ0v) is 17.6. The van der Waals surface area contributed by atoms with Gasteiger partial charge in [-0.15, -0.1) is 11.3 Å². The third-order valence-electron chi connectivity index (χ3n) is 4.68. The summed E-state index contributed by atoms with van der Waals surface area (Å²) in [5, 5.41) is 4.70. The third kappa shape index (κ3) is 3.90. The van der Waals surface area contributed by atoms with E-state index in [-0.39, 0.29) is 11.8 Å². The topological polar surface area (TPSA) is 62.3 Å². The van der Waals surface area contributed by atoms with Gasteiger partial charge in [0.25, 0.3) is 11.8 Å². The van der Waals surface area contributed by atoms with Gasteiger partial charge in [-0.25, -0.2) is 4.98 Å². The Hall–Kier alpha value is -3.09. The molecule has 0 saturated heterocycles. The van der Waals surface area contributed by atoms with E-state index < -0.39 is 0 Å². The molecule has 1 aromatic heterocycles. The minimum atomic E-state index is -0.368. The van der Waals surface area contributed by atoms with E-state index in [1.807, 2.05) is 18.2 Å². The molecule has 0 unspecified atom stereocenters. The summed E-state index contributed by atoms with van der Waals surface area (Å²) in [4.78, 5) is 31.9. The molecular weight excluding hydrogens is 382 g/mol. The van der Waals surface area contributed by atoms with Crippen molar-refractivity contribution in [1.29, 1.82) is 0 Å². The molecule has 148 valence electrons. The van der Waals surface area contributed by atoms with Crippen LogP contribution in [0.5, 0.6) is 0 Å². The maximum absolute atomic E-state index is 12.1. The lowest BCUT2D eigenvalue weighted by molar-refractivity contribution is 0.0845. The van der Waals surface area contributed by atoms with Gasteiger partial charge >= 0.3 is 0 Å². The summed E-state index contributed by atoms with van der Waals surface area (Å²) in [5.41, 5.74) is 2.68. The van der Waals surface area contributed by atoms with Crippen LogP contribution in [0.3, 0.4) is 0 Å². The van der Waals surface area contributed by atoms with Crippen LogP contribution in [-0.2, 0) is 0 Å². The van der Waals surface area contributed by atoms with E-state index in [4.69, 9.17) is 0 Å². The van der Waals surface area contributed by atoms with Crippen LogP contribution in [0, 0.1) is 0 Å². The number of nitrogens with zero attached hydrogens (tertiary/aromatic N) is 2. The Morgan fingerprint density at radius 2 is 1.66 bits per heavy atom. The second-order valence-electron chi connectivity index (χ2n) is 6.74.